The van der Waals surface area contributed by atoms with Crippen LogP contribution in [-0.2, 0) is 4.79 Å². The number of allylic oxidation sites excluding steroid dienone is 1. The molecule has 2 amide bonds. The summed E-state index contributed by atoms with van der Waals surface area (Å²) in [6, 6.07) is -1.03. The predicted octanol–water partition coefficient (Wildman–Crippen LogP) is 1.51. The van der Waals surface area contributed by atoms with Crippen molar-refractivity contribution >= 4 is 23.8 Å². The number of aliphatic carboxylic acids is 1. The highest BCUT2D eigenvalue weighted by Crippen LogP contribution is 2.28. The van der Waals surface area contributed by atoms with Crippen LogP contribution >= 0.6 is 11.8 Å². The third-order valence-electron chi connectivity index (χ3n) is 2.51. The summed E-state index contributed by atoms with van der Waals surface area (Å²) < 4.78 is 0. The molecule has 1 saturated heterocycles. The lowest BCUT2D eigenvalue weighted by Crippen LogP contribution is -2.49. The summed E-state index contributed by atoms with van der Waals surface area (Å²) in [4.78, 5) is 24.3. The van der Waals surface area contributed by atoms with Crippen LogP contribution < -0.4 is 5.32 Å². The Morgan fingerprint density at radius 3 is 2.71 bits per heavy atom. The van der Waals surface area contributed by atoms with E-state index < -0.39 is 12.0 Å². The predicted molar refractivity (Wildman–Crippen MR) is 68.0 cm³/mol. The maximum atomic E-state index is 11.9. The van der Waals surface area contributed by atoms with E-state index in [-0.39, 0.29) is 11.4 Å². The fraction of sp³-hybridized carbons (Fsp3) is 0.636. The number of urea groups is 1. The number of hydrogen-bond acceptors (Lipinski definition) is 3. The molecule has 17 heavy (non-hydrogen) atoms. The van der Waals surface area contributed by atoms with Gasteiger partial charge in [0.15, 0.2) is 0 Å². The number of carbonyl (C=O) groups is 2. The molecule has 0 aromatic rings. The zero-order chi connectivity index (χ0) is 13.0. The summed E-state index contributed by atoms with van der Waals surface area (Å²) in [5.74, 6) is -0.494. The number of nitrogens with zero attached hydrogens (tertiary/aromatic N) is 1. The van der Waals surface area contributed by atoms with Crippen molar-refractivity contribution in [3.8, 4) is 0 Å². The van der Waals surface area contributed by atoms with Gasteiger partial charge in [-0.2, -0.15) is 0 Å². The second-order valence-electron chi connectivity index (χ2n) is 4.16. The van der Waals surface area contributed by atoms with Gasteiger partial charge in [-0.15, -0.1) is 11.8 Å². The van der Waals surface area contributed by atoms with Crippen molar-refractivity contribution < 1.29 is 14.7 Å². The van der Waals surface area contributed by atoms with Crippen LogP contribution in [0.25, 0.3) is 0 Å². The van der Waals surface area contributed by atoms with Gasteiger partial charge in [0.05, 0.1) is 5.37 Å². The Labute approximate surface area is 105 Å². The molecule has 0 aromatic heterocycles. The molecule has 2 N–H and O–H groups in total. The summed E-state index contributed by atoms with van der Waals surface area (Å²) in [6.45, 7) is 6.16. The standard InChI is InChI=1S/C11H18N2O3S/c1-7(2)4-5-12-11(16)13-8(3)17-6-9(13)10(14)15/h4,8-9H,5-6H2,1-3H3,(H,12,16)(H,14,15). The van der Waals surface area contributed by atoms with Gasteiger partial charge in [-0.25, -0.2) is 9.59 Å². The number of thioether (sulfide) groups is 1. The van der Waals surface area contributed by atoms with Gasteiger partial charge in [-0.1, -0.05) is 11.6 Å². The second-order valence-corrected chi connectivity index (χ2v) is 5.51. The van der Waals surface area contributed by atoms with Crippen LogP contribution in [0.4, 0.5) is 4.79 Å². The first-order valence-electron chi connectivity index (χ1n) is 5.47. The number of carboxylic acids is 1. The molecule has 6 heteroatoms. The van der Waals surface area contributed by atoms with E-state index in [1.807, 2.05) is 26.8 Å². The molecule has 2 unspecified atom stereocenters. The molecule has 2 atom stereocenters. The summed E-state index contributed by atoms with van der Waals surface area (Å²) in [5.41, 5.74) is 1.11. The van der Waals surface area contributed by atoms with Gasteiger partial charge in [-0.05, 0) is 20.8 Å². The molecule has 0 bridgehead atoms. The highest BCUT2D eigenvalue weighted by molar-refractivity contribution is 8.00. The summed E-state index contributed by atoms with van der Waals surface area (Å²) in [7, 11) is 0. The van der Waals surface area contributed by atoms with E-state index in [9.17, 15) is 9.59 Å². The van der Waals surface area contributed by atoms with Crippen molar-refractivity contribution in [2.75, 3.05) is 12.3 Å². The fourth-order valence-corrected chi connectivity index (χ4v) is 2.74. The molecule has 1 heterocycles. The van der Waals surface area contributed by atoms with E-state index >= 15 is 0 Å². The minimum absolute atomic E-state index is 0.0946. The first-order chi connectivity index (χ1) is 7.93. The minimum atomic E-state index is -0.945. The quantitative estimate of drug-likeness (QED) is 0.753. The molecule has 5 nitrogen and oxygen atoms in total. The van der Waals surface area contributed by atoms with Crippen molar-refractivity contribution in [3.63, 3.8) is 0 Å². The third kappa shape index (κ3) is 3.66. The Balaban J connectivity index is 2.59. The average Bonchev–Trinajstić information content (AvgIpc) is 2.59. The van der Waals surface area contributed by atoms with Gasteiger partial charge in [0.2, 0.25) is 0 Å². The molecule has 0 aliphatic carbocycles. The summed E-state index contributed by atoms with van der Waals surface area (Å²) >= 11 is 1.48. The number of nitrogens with one attached hydrogen (secondary N) is 1. The van der Waals surface area contributed by atoms with Crippen LogP contribution in [0.15, 0.2) is 11.6 Å². The lowest BCUT2D eigenvalue weighted by molar-refractivity contribution is -0.141. The number of carbonyl (C=O) groups excluding carboxylic acids is 1. The largest absolute Gasteiger partial charge is 0.480 e. The Kier molecular flexibility index (Phi) is 4.86. The fourth-order valence-electron chi connectivity index (χ4n) is 1.58. The molecule has 0 aromatic carbocycles. The van der Waals surface area contributed by atoms with Crippen LogP contribution in [0.3, 0.4) is 0 Å². The normalized spacial score (nSPS) is 23.4. The van der Waals surface area contributed by atoms with Crippen LogP contribution in [0.1, 0.15) is 20.8 Å². The highest BCUT2D eigenvalue weighted by Gasteiger charge is 2.39. The maximum absolute atomic E-state index is 11.9. The van der Waals surface area contributed by atoms with Gasteiger partial charge >= 0.3 is 12.0 Å². The van der Waals surface area contributed by atoms with Crippen molar-refractivity contribution in [2.45, 2.75) is 32.2 Å². The molecule has 1 aliphatic rings. The molecular formula is C11H18N2O3S. The van der Waals surface area contributed by atoms with Crippen molar-refractivity contribution in [1.82, 2.24) is 10.2 Å². The first kappa shape index (κ1) is 13.9. The van der Waals surface area contributed by atoms with Gasteiger partial charge in [-0.3, -0.25) is 4.90 Å². The van der Waals surface area contributed by atoms with E-state index in [0.717, 1.165) is 5.57 Å². The molecule has 1 rings (SSSR count). The van der Waals surface area contributed by atoms with Gasteiger partial charge < -0.3 is 10.4 Å². The molecule has 96 valence electrons. The highest BCUT2D eigenvalue weighted by atomic mass is 32.2. The van der Waals surface area contributed by atoms with Crippen LogP contribution in [0, 0.1) is 0 Å². The molecular weight excluding hydrogens is 240 g/mol. The third-order valence-corrected chi connectivity index (χ3v) is 3.72. The number of rotatable bonds is 3. The van der Waals surface area contributed by atoms with Crippen molar-refractivity contribution in [2.24, 2.45) is 0 Å². The molecule has 1 fully saturated rings. The average molecular weight is 258 g/mol. The molecule has 0 radical (unpaired) electrons. The number of amides is 2. The Morgan fingerprint density at radius 1 is 1.53 bits per heavy atom. The molecule has 1 aliphatic heterocycles. The van der Waals surface area contributed by atoms with Crippen LogP contribution in [-0.4, -0.2) is 45.7 Å². The number of hydrogen-bond donors (Lipinski definition) is 2. The molecule has 0 saturated carbocycles. The summed E-state index contributed by atoms with van der Waals surface area (Å²) in [5, 5.41) is 11.6. The number of carboxylic acid groups (broad SMARTS) is 1. The maximum Gasteiger partial charge on any atom is 0.327 e. The zero-order valence-electron chi connectivity index (χ0n) is 10.3. The van der Waals surface area contributed by atoms with Crippen molar-refractivity contribution in [3.05, 3.63) is 11.6 Å². The second kappa shape index (κ2) is 5.95. The zero-order valence-corrected chi connectivity index (χ0v) is 11.1. The van der Waals surface area contributed by atoms with Crippen molar-refractivity contribution in [1.29, 1.82) is 0 Å². The lowest BCUT2D eigenvalue weighted by Gasteiger charge is -2.24. The van der Waals surface area contributed by atoms with Crippen LogP contribution in [0.5, 0.6) is 0 Å². The minimum Gasteiger partial charge on any atom is -0.480 e. The van der Waals surface area contributed by atoms with E-state index in [0.29, 0.717) is 12.3 Å². The first-order valence-corrected chi connectivity index (χ1v) is 6.52. The van der Waals surface area contributed by atoms with E-state index in [2.05, 4.69) is 5.32 Å². The van der Waals surface area contributed by atoms with Gasteiger partial charge in [0, 0.05) is 12.3 Å². The summed E-state index contributed by atoms with van der Waals surface area (Å²) in [6.07, 6.45) is 1.89. The van der Waals surface area contributed by atoms with E-state index in [1.165, 1.54) is 16.7 Å². The smallest absolute Gasteiger partial charge is 0.327 e. The van der Waals surface area contributed by atoms with Gasteiger partial charge in [0.1, 0.15) is 6.04 Å². The SMILES string of the molecule is CC(C)=CCNC(=O)N1C(C)SCC1C(=O)O. The topological polar surface area (TPSA) is 69.6 Å². The molecule has 0 spiro atoms. The van der Waals surface area contributed by atoms with E-state index in [1.54, 1.807) is 0 Å². The Bertz CT molecular complexity index is 340. The Morgan fingerprint density at radius 2 is 2.18 bits per heavy atom. The lowest BCUT2D eigenvalue weighted by atomic mass is 10.3. The van der Waals surface area contributed by atoms with Gasteiger partial charge in [0.25, 0.3) is 0 Å². The van der Waals surface area contributed by atoms with E-state index in [4.69, 9.17) is 5.11 Å². The monoisotopic (exact) mass is 258 g/mol. The van der Waals surface area contributed by atoms with Crippen LogP contribution in [0.2, 0.25) is 0 Å². The Hall–Kier alpha value is -1.17.